The summed E-state index contributed by atoms with van der Waals surface area (Å²) in [6.07, 6.45) is 5.70. The molecule has 1 aromatic carbocycles. The van der Waals surface area contributed by atoms with Gasteiger partial charge in [0.25, 0.3) is 0 Å². The van der Waals surface area contributed by atoms with Gasteiger partial charge in [0, 0.05) is 49.0 Å². The molecule has 0 N–H and O–H groups in total. The van der Waals surface area contributed by atoms with Crippen molar-refractivity contribution in [2.45, 2.75) is 32.6 Å². The minimum Gasteiger partial charge on any atom is -0.494 e. The lowest BCUT2D eigenvalue weighted by Crippen LogP contribution is -2.49. The Morgan fingerprint density at radius 3 is 2.71 bits per heavy atom. The van der Waals surface area contributed by atoms with Gasteiger partial charge in [-0.05, 0) is 62.1 Å². The van der Waals surface area contributed by atoms with E-state index in [4.69, 9.17) is 9.72 Å². The molecule has 1 saturated heterocycles. The molecule has 0 spiro atoms. The Labute approximate surface area is 208 Å². The van der Waals surface area contributed by atoms with Crippen molar-refractivity contribution < 1.29 is 9.53 Å². The van der Waals surface area contributed by atoms with Crippen LogP contribution in [0.5, 0.6) is 5.75 Å². The van der Waals surface area contributed by atoms with Crippen LogP contribution in [0.3, 0.4) is 0 Å². The van der Waals surface area contributed by atoms with Crippen molar-refractivity contribution in [3.8, 4) is 17.0 Å². The van der Waals surface area contributed by atoms with Crippen molar-refractivity contribution in [1.29, 1.82) is 0 Å². The van der Waals surface area contributed by atoms with Gasteiger partial charge in [0.05, 0.1) is 24.4 Å². The number of amides is 1. The Bertz CT molecular complexity index is 1350. The molecule has 35 heavy (non-hydrogen) atoms. The van der Waals surface area contributed by atoms with Crippen LogP contribution in [0.2, 0.25) is 0 Å². The number of anilines is 1. The van der Waals surface area contributed by atoms with Crippen molar-refractivity contribution in [3.63, 3.8) is 0 Å². The third-order valence-electron chi connectivity index (χ3n) is 6.84. The van der Waals surface area contributed by atoms with Gasteiger partial charge in [0.1, 0.15) is 5.75 Å². The van der Waals surface area contributed by atoms with Crippen molar-refractivity contribution in [1.82, 2.24) is 24.5 Å². The normalized spacial score (nSPS) is 15.6. The Balaban J connectivity index is 1.10. The minimum atomic E-state index is 0.153. The van der Waals surface area contributed by atoms with Gasteiger partial charge in [-0.3, -0.25) is 9.20 Å². The molecule has 4 aromatic rings. The fraction of sp³-hybridized carbons (Fsp3) is 0.385. The molecule has 1 fully saturated rings. The van der Waals surface area contributed by atoms with Crippen molar-refractivity contribution >= 4 is 28.0 Å². The monoisotopic (exact) mass is 488 g/mol. The second-order valence-corrected chi connectivity index (χ2v) is 9.87. The third-order valence-corrected chi connectivity index (χ3v) is 7.73. The Morgan fingerprint density at radius 2 is 1.91 bits per heavy atom. The van der Waals surface area contributed by atoms with Gasteiger partial charge < -0.3 is 14.5 Å². The number of ether oxygens (including phenoxy) is 1. The van der Waals surface area contributed by atoms with E-state index >= 15 is 0 Å². The molecule has 4 heterocycles. The molecule has 3 aromatic heterocycles. The number of aromatic nitrogens is 4. The first-order valence-electron chi connectivity index (χ1n) is 12.2. The smallest absolute Gasteiger partial charge is 0.228 e. The summed E-state index contributed by atoms with van der Waals surface area (Å²) in [5.41, 5.74) is 5.39. The lowest BCUT2D eigenvalue weighted by Gasteiger charge is -2.35. The summed E-state index contributed by atoms with van der Waals surface area (Å²) < 4.78 is 7.58. The minimum absolute atomic E-state index is 0.153. The number of rotatable bonds is 6. The first kappa shape index (κ1) is 22.0. The van der Waals surface area contributed by atoms with Gasteiger partial charge in [-0.15, -0.1) is 16.4 Å². The topological polar surface area (TPSA) is 75.9 Å². The number of benzene rings is 1. The highest BCUT2D eigenvalue weighted by Gasteiger charge is 2.24. The van der Waals surface area contributed by atoms with E-state index < -0.39 is 0 Å². The number of piperazine rings is 1. The van der Waals surface area contributed by atoms with Gasteiger partial charge in [0.15, 0.2) is 10.8 Å². The van der Waals surface area contributed by atoms with E-state index in [1.165, 1.54) is 12.0 Å². The molecule has 0 atom stereocenters. The summed E-state index contributed by atoms with van der Waals surface area (Å²) in [6.45, 7) is 5.59. The maximum absolute atomic E-state index is 13.1. The number of fused-ring (bicyclic) bond motifs is 2. The average molecular weight is 489 g/mol. The lowest BCUT2D eigenvalue weighted by atomic mass is 10.1. The predicted molar refractivity (Wildman–Crippen MR) is 136 cm³/mol. The van der Waals surface area contributed by atoms with Gasteiger partial charge in [-0.25, -0.2) is 4.98 Å². The highest BCUT2D eigenvalue weighted by atomic mass is 32.1. The maximum Gasteiger partial charge on any atom is 0.228 e. The van der Waals surface area contributed by atoms with Gasteiger partial charge >= 0.3 is 0 Å². The van der Waals surface area contributed by atoms with E-state index in [9.17, 15) is 4.79 Å². The number of thiazole rings is 1. The zero-order chi connectivity index (χ0) is 23.8. The van der Waals surface area contributed by atoms with Crippen molar-refractivity contribution in [2.24, 2.45) is 0 Å². The first-order chi connectivity index (χ1) is 17.2. The van der Waals surface area contributed by atoms with Crippen LogP contribution in [0.1, 0.15) is 30.3 Å². The number of imidazole rings is 1. The molecule has 1 aliphatic heterocycles. The molecule has 2 aliphatic rings. The first-order valence-corrected chi connectivity index (χ1v) is 13.1. The van der Waals surface area contributed by atoms with Gasteiger partial charge in [0.2, 0.25) is 5.91 Å². The van der Waals surface area contributed by atoms with Crippen LogP contribution in [0, 0.1) is 0 Å². The highest BCUT2D eigenvalue weighted by molar-refractivity contribution is 7.15. The van der Waals surface area contributed by atoms with E-state index in [-0.39, 0.29) is 5.91 Å². The standard InChI is InChI=1S/C26H28N6O2S/c1-2-34-21-8-6-18(7-9-21)23-16-32-20(17-35-26(32)27-23)15-25(33)31-12-10-30(11-13-31)24-14-19-4-3-5-22(19)28-29-24/h6-9,14,16-17H,2-5,10-13,15H2,1H3. The summed E-state index contributed by atoms with van der Waals surface area (Å²) in [5, 5.41) is 10.9. The summed E-state index contributed by atoms with van der Waals surface area (Å²) >= 11 is 1.57. The van der Waals surface area contributed by atoms with Crippen molar-refractivity contribution in [2.75, 3.05) is 37.7 Å². The number of carbonyl (C=O) groups excluding carboxylic acids is 1. The third kappa shape index (κ3) is 4.36. The zero-order valence-electron chi connectivity index (χ0n) is 19.8. The highest BCUT2D eigenvalue weighted by Crippen LogP contribution is 2.27. The fourth-order valence-electron chi connectivity index (χ4n) is 4.91. The zero-order valence-corrected chi connectivity index (χ0v) is 20.6. The van der Waals surface area contributed by atoms with E-state index in [1.807, 2.05) is 52.1 Å². The van der Waals surface area contributed by atoms with Crippen LogP contribution in [-0.2, 0) is 24.1 Å². The van der Waals surface area contributed by atoms with Crippen LogP contribution in [0.15, 0.2) is 41.9 Å². The number of hydrogen-bond acceptors (Lipinski definition) is 7. The Kier molecular flexibility index (Phi) is 5.85. The van der Waals surface area contributed by atoms with E-state index in [0.717, 1.165) is 65.1 Å². The molecule has 8 nitrogen and oxygen atoms in total. The second kappa shape index (κ2) is 9.30. The van der Waals surface area contributed by atoms with Crippen LogP contribution in [-0.4, -0.2) is 63.2 Å². The van der Waals surface area contributed by atoms with Gasteiger partial charge in [-0.1, -0.05) is 0 Å². The molecule has 9 heteroatoms. The molecule has 6 rings (SSSR count). The van der Waals surface area contributed by atoms with E-state index in [0.29, 0.717) is 26.1 Å². The lowest BCUT2D eigenvalue weighted by molar-refractivity contribution is -0.130. The Hall–Kier alpha value is -3.46. The molecule has 1 aliphatic carbocycles. The average Bonchev–Trinajstić information content (AvgIpc) is 3.61. The fourth-order valence-corrected chi connectivity index (χ4v) is 5.78. The van der Waals surface area contributed by atoms with Gasteiger partial charge in [-0.2, -0.15) is 5.10 Å². The summed E-state index contributed by atoms with van der Waals surface area (Å²) in [4.78, 5) is 23.0. The molecule has 0 radical (unpaired) electrons. The summed E-state index contributed by atoms with van der Waals surface area (Å²) in [7, 11) is 0. The Morgan fingerprint density at radius 1 is 1.09 bits per heavy atom. The number of carbonyl (C=O) groups is 1. The predicted octanol–water partition coefficient (Wildman–Crippen LogP) is 3.63. The van der Waals surface area contributed by atoms with Crippen LogP contribution >= 0.6 is 11.3 Å². The SMILES string of the molecule is CCOc1ccc(-c2cn3c(CC(=O)N4CCN(c5cc6c(nn5)CCC6)CC4)csc3n2)cc1. The molecule has 0 bridgehead atoms. The van der Waals surface area contributed by atoms with E-state index in [1.54, 1.807) is 11.3 Å². The molecule has 1 amide bonds. The van der Waals surface area contributed by atoms with Crippen LogP contribution in [0.25, 0.3) is 16.2 Å². The molecule has 0 saturated carbocycles. The van der Waals surface area contributed by atoms with Crippen LogP contribution in [0.4, 0.5) is 5.82 Å². The second-order valence-electron chi connectivity index (χ2n) is 9.04. The number of hydrogen-bond donors (Lipinski definition) is 0. The quantitative estimate of drug-likeness (QED) is 0.413. The number of nitrogens with zero attached hydrogens (tertiary/aromatic N) is 6. The summed E-state index contributed by atoms with van der Waals surface area (Å²) in [6, 6.07) is 10.2. The molecular formula is C26H28N6O2S. The maximum atomic E-state index is 13.1. The van der Waals surface area contributed by atoms with Crippen LogP contribution < -0.4 is 9.64 Å². The van der Waals surface area contributed by atoms with E-state index in [2.05, 4.69) is 21.2 Å². The molecule has 0 unspecified atom stereocenters. The number of aryl methyl sites for hydroxylation is 2. The van der Waals surface area contributed by atoms with Crippen molar-refractivity contribution in [3.05, 3.63) is 58.9 Å². The summed E-state index contributed by atoms with van der Waals surface area (Å²) in [5.74, 6) is 1.95. The molecule has 180 valence electrons. The molecular weight excluding hydrogens is 460 g/mol. The largest absolute Gasteiger partial charge is 0.494 e.